The molecule has 1 heterocycles. The molecule has 1 fully saturated rings. The van der Waals surface area contributed by atoms with Crippen LogP contribution in [-0.4, -0.2) is 21.7 Å². The van der Waals surface area contributed by atoms with Crippen LogP contribution >= 0.6 is 0 Å². The first kappa shape index (κ1) is 20.0. The summed E-state index contributed by atoms with van der Waals surface area (Å²) < 4.78 is 13.4. The van der Waals surface area contributed by atoms with Gasteiger partial charge in [-0.25, -0.2) is 4.39 Å². The van der Waals surface area contributed by atoms with E-state index in [-0.39, 0.29) is 22.5 Å². The lowest BCUT2D eigenvalue weighted by Crippen LogP contribution is -2.29. The van der Waals surface area contributed by atoms with Gasteiger partial charge in [0.2, 0.25) is 0 Å². The van der Waals surface area contributed by atoms with Crippen LogP contribution in [0.2, 0.25) is 0 Å². The van der Waals surface area contributed by atoms with Gasteiger partial charge in [-0.1, -0.05) is 42.5 Å². The highest BCUT2D eigenvalue weighted by Crippen LogP contribution is 2.42. The fraction of sp³-hybridized carbons (Fsp3) is 0.0435. The highest BCUT2D eigenvalue weighted by atomic mass is 19.1. The van der Waals surface area contributed by atoms with Gasteiger partial charge < -0.3 is 5.11 Å². The van der Waals surface area contributed by atoms with Gasteiger partial charge in [0.25, 0.3) is 17.4 Å². The van der Waals surface area contributed by atoms with E-state index in [1.54, 1.807) is 30.3 Å². The number of benzene rings is 3. The molecular formula is C23H15FN2O5. The van der Waals surface area contributed by atoms with Crippen LogP contribution in [0.3, 0.4) is 0 Å². The highest BCUT2D eigenvalue weighted by Gasteiger charge is 2.47. The lowest BCUT2D eigenvalue weighted by Gasteiger charge is -2.25. The first-order chi connectivity index (χ1) is 14.9. The molecule has 8 heteroatoms. The molecule has 31 heavy (non-hydrogen) atoms. The Kier molecular flexibility index (Phi) is 5.04. The standard InChI is InChI=1S/C23H15FN2O5/c24-16-9-11-17(12-10-16)25-20(15-7-4-8-18(13-15)26(30)31)19(22(28)23(25)29)21(27)14-5-2-1-3-6-14/h1-13,20,27H/b21-19+/t20-/m0/s1. The number of ketones is 1. The number of anilines is 1. The number of carbonyl (C=O) groups is 2. The zero-order chi connectivity index (χ0) is 22.1. The van der Waals surface area contributed by atoms with Crippen LogP contribution in [0.15, 0.2) is 84.4 Å². The number of Topliss-reactive ketones (excluding diaryl/α,β-unsaturated/α-hetero) is 1. The molecule has 1 amide bonds. The molecule has 0 aromatic heterocycles. The number of amides is 1. The van der Waals surface area contributed by atoms with Crippen LogP contribution in [0, 0.1) is 15.9 Å². The van der Waals surface area contributed by atoms with Gasteiger partial charge in [-0.15, -0.1) is 0 Å². The van der Waals surface area contributed by atoms with E-state index >= 15 is 0 Å². The van der Waals surface area contributed by atoms with Gasteiger partial charge in [0.15, 0.2) is 0 Å². The predicted molar refractivity (Wildman–Crippen MR) is 111 cm³/mol. The Labute approximate surface area is 175 Å². The first-order valence-corrected chi connectivity index (χ1v) is 9.25. The Balaban J connectivity index is 1.97. The minimum Gasteiger partial charge on any atom is -0.507 e. The average molecular weight is 418 g/mol. The molecule has 0 bridgehead atoms. The van der Waals surface area contributed by atoms with Crippen LogP contribution in [0.4, 0.5) is 15.8 Å². The summed E-state index contributed by atoms with van der Waals surface area (Å²) in [6.07, 6.45) is 0. The van der Waals surface area contributed by atoms with Crippen molar-refractivity contribution >= 4 is 28.8 Å². The summed E-state index contributed by atoms with van der Waals surface area (Å²) in [5, 5.41) is 22.2. The summed E-state index contributed by atoms with van der Waals surface area (Å²) in [6, 6.07) is 17.5. The van der Waals surface area contributed by atoms with Crippen molar-refractivity contribution in [2.45, 2.75) is 6.04 Å². The topological polar surface area (TPSA) is 101 Å². The Morgan fingerprint density at radius 1 is 0.968 bits per heavy atom. The lowest BCUT2D eigenvalue weighted by molar-refractivity contribution is -0.384. The third kappa shape index (κ3) is 3.55. The second kappa shape index (κ2) is 7.83. The molecular weight excluding hydrogens is 403 g/mol. The minimum absolute atomic E-state index is 0.207. The van der Waals surface area contributed by atoms with Crippen LogP contribution in [0.1, 0.15) is 17.2 Å². The molecule has 1 N–H and O–H groups in total. The third-order valence-electron chi connectivity index (χ3n) is 4.99. The summed E-state index contributed by atoms with van der Waals surface area (Å²) in [6.45, 7) is 0. The van der Waals surface area contributed by atoms with Gasteiger partial charge in [-0.05, 0) is 29.8 Å². The van der Waals surface area contributed by atoms with Gasteiger partial charge >= 0.3 is 0 Å². The maximum Gasteiger partial charge on any atom is 0.300 e. The number of rotatable bonds is 4. The zero-order valence-corrected chi connectivity index (χ0v) is 15.9. The van der Waals surface area contributed by atoms with Crippen molar-refractivity contribution in [1.29, 1.82) is 0 Å². The van der Waals surface area contributed by atoms with Crippen LogP contribution in [0.5, 0.6) is 0 Å². The van der Waals surface area contributed by atoms with Crippen molar-refractivity contribution in [2.75, 3.05) is 4.90 Å². The third-order valence-corrected chi connectivity index (χ3v) is 4.99. The second-order valence-corrected chi connectivity index (χ2v) is 6.86. The number of aliphatic hydroxyl groups is 1. The van der Waals surface area contributed by atoms with Crippen molar-refractivity contribution in [3.8, 4) is 0 Å². The average Bonchev–Trinajstić information content (AvgIpc) is 3.05. The highest BCUT2D eigenvalue weighted by molar-refractivity contribution is 6.51. The van der Waals surface area contributed by atoms with E-state index in [0.717, 1.165) is 17.0 Å². The van der Waals surface area contributed by atoms with Crippen molar-refractivity contribution in [3.63, 3.8) is 0 Å². The molecule has 4 rings (SSSR count). The Hall–Kier alpha value is -4.33. The fourth-order valence-corrected chi connectivity index (χ4v) is 3.58. The molecule has 3 aromatic carbocycles. The molecule has 1 atom stereocenters. The van der Waals surface area contributed by atoms with Gasteiger partial charge in [-0.2, -0.15) is 0 Å². The number of non-ortho nitro benzene ring substituents is 1. The van der Waals surface area contributed by atoms with Crippen molar-refractivity contribution in [2.24, 2.45) is 0 Å². The minimum atomic E-state index is -1.13. The van der Waals surface area contributed by atoms with E-state index in [9.17, 15) is 29.2 Å². The SMILES string of the molecule is O=C1C(=O)N(c2ccc(F)cc2)[C@@H](c2cccc([N+](=O)[O-])c2)/C1=C(\O)c1ccccc1. The van der Waals surface area contributed by atoms with Crippen molar-refractivity contribution in [1.82, 2.24) is 0 Å². The monoisotopic (exact) mass is 418 g/mol. The number of hydrogen-bond acceptors (Lipinski definition) is 5. The number of halogens is 1. The molecule has 3 aromatic rings. The largest absolute Gasteiger partial charge is 0.507 e. The Bertz CT molecular complexity index is 1220. The van der Waals surface area contributed by atoms with E-state index in [1.165, 1.54) is 36.4 Å². The van der Waals surface area contributed by atoms with Gasteiger partial charge in [0, 0.05) is 23.4 Å². The maximum absolute atomic E-state index is 13.4. The molecule has 0 aliphatic carbocycles. The number of aliphatic hydroxyl groups excluding tert-OH is 1. The fourth-order valence-electron chi connectivity index (χ4n) is 3.58. The summed E-state index contributed by atoms with van der Waals surface area (Å²) in [5.41, 5.74) is 0.347. The maximum atomic E-state index is 13.4. The van der Waals surface area contributed by atoms with E-state index in [4.69, 9.17) is 0 Å². The lowest BCUT2D eigenvalue weighted by atomic mass is 9.95. The summed E-state index contributed by atoms with van der Waals surface area (Å²) in [5.74, 6) is -2.81. The van der Waals surface area contributed by atoms with Crippen LogP contribution in [-0.2, 0) is 9.59 Å². The molecule has 7 nitrogen and oxygen atoms in total. The van der Waals surface area contributed by atoms with Gasteiger partial charge in [0.05, 0.1) is 16.5 Å². The van der Waals surface area contributed by atoms with Crippen LogP contribution < -0.4 is 4.90 Å². The molecule has 1 aliphatic rings. The molecule has 0 spiro atoms. The molecule has 0 radical (unpaired) electrons. The van der Waals surface area contributed by atoms with E-state index in [0.29, 0.717) is 5.56 Å². The smallest absolute Gasteiger partial charge is 0.300 e. The number of hydrogen-bond donors (Lipinski definition) is 1. The Morgan fingerprint density at radius 2 is 1.65 bits per heavy atom. The molecule has 1 aliphatic heterocycles. The van der Waals surface area contributed by atoms with Crippen molar-refractivity contribution < 1.29 is 24.0 Å². The van der Waals surface area contributed by atoms with E-state index in [2.05, 4.69) is 0 Å². The summed E-state index contributed by atoms with van der Waals surface area (Å²) >= 11 is 0. The van der Waals surface area contributed by atoms with Gasteiger partial charge in [-0.3, -0.25) is 24.6 Å². The van der Waals surface area contributed by atoms with E-state index < -0.39 is 34.2 Å². The molecule has 1 saturated heterocycles. The molecule has 0 saturated carbocycles. The number of nitrogens with zero attached hydrogens (tertiary/aromatic N) is 2. The second-order valence-electron chi connectivity index (χ2n) is 6.86. The number of nitro groups is 1. The number of carbonyl (C=O) groups excluding carboxylic acids is 2. The molecule has 0 unspecified atom stereocenters. The normalized spacial score (nSPS) is 17.7. The van der Waals surface area contributed by atoms with Crippen LogP contribution in [0.25, 0.3) is 5.76 Å². The summed E-state index contributed by atoms with van der Waals surface area (Å²) in [4.78, 5) is 37.7. The quantitative estimate of drug-likeness (QED) is 0.223. The van der Waals surface area contributed by atoms with E-state index in [1.807, 2.05) is 0 Å². The molecule has 154 valence electrons. The number of nitro benzene ring substituents is 1. The van der Waals surface area contributed by atoms with Gasteiger partial charge in [0.1, 0.15) is 11.6 Å². The Morgan fingerprint density at radius 3 is 2.29 bits per heavy atom. The van der Waals surface area contributed by atoms with Crippen molar-refractivity contribution in [3.05, 3.63) is 111 Å². The summed E-state index contributed by atoms with van der Waals surface area (Å²) in [7, 11) is 0. The first-order valence-electron chi connectivity index (χ1n) is 9.25. The zero-order valence-electron chi connectivity index (χ0n) is 15.9. The predicted octanol–water partition coefficient (Wildman–Crippen LogP) is 4.36.